The van der Waals surface area contributed by atoms with Crippen molar-refractivity contribution in [1.82, 2.24) is 25.4 Å². The van der Waals surface area contributed by atoms with Gasteiger partial charge in [-0.05, 0) is 44.2 Å². The molecule has 1 saturated carbocycles. The molecule has 0 spiro atoms. The number of carbonyl (C=O) groups is 3. The van der Waals surface area contributed by atoms with Crippen LogP contribution in [0.1, 0.15) is 35.8 Å². The highest BCUT2D eigenvalue weighted by molar-refractivity contribution is 7.13. The number of fused-ring (bicyclic) bond motifs is 1. The number of nitrogens with zero attached hydrogens (tertiary/aromatic N) is 3. The van der Waals surface area contributed by atoms with Gasteiger partial charge in [-0.3, -0.25) is 14.8 Å². The maximum absolute atomic E-state index is 13.0. The summed E-state index contributed by atoms with van der Waals surface area (Å²) in [6, 6.07) is 4.99. The lowest BCUT2D eigenvalue weighted by atomic mass is 10.1. The third-order valence-electron chi connectivity index (χ3n) is 4.76. The van der Waals surface area contributed by atoms with E-state index < -0.39 is 24.0 Å². The third kappa shape index (κ3) is 4.04. The summed E-state index contributed by atoms with van der Waals surface area (Å²) in [5.41, 5.74) is 2.07. The fraction of sp³-hybridized carbons (Fsp3) is 0.350. The van der Waals surface area contributed by atoms with E-state index in [-0.39, 0.29) is 11.6 Å². The van der Waals surface area contributed by atoms with Gasteiger partial charge in [0.25, 0.3) is 5.91 Å². The summed E-state index contributed by atoms with van der Waals surface area (Å²) in [5.74, 6) is -1.37. The Hall–Kier alpha value is -3.27. The topological polar surface area (TPSA) is 115 Å². The Kier molecular flexibility index (Phi) is 5.25. The molecule has 2 N–H and O–H groups in total. The third-order valence-corrected chi connectivity index (χ3v) is 5.66. The van der Waals surface area contributed by atoms with Gasteiger partial charge >= 0.3 is 12.0 Å². The number of carbonyl (C=O) groups excluding carboxylic acids is 3. The van der Waals surface area contributed by atoms with Gasteiger partial charge in [0.1, 0.15) is 0 Å². The summed E-state index contributed by atoms with van der Waals surface area (Å²) < 4.78 is 6.98. The molecule has 0 aromatic carbocycles. The molecule has 0 saturated heterocycles. The molecule has 30 heavy (non-hydrogen) atoms. The lowest BCUT2D eigenvalue weighted by Gasteiger charge is -2.14. The first-order valence-electron chi connectivity index (χ1n) is 9.54. The van der Waals surface area contributed by atoms with Crippen LogP contribution in [0, 0.1) is 6.92 Å². The van der Waals surface area contributed by atoms with Crippen LogP contribution in [0.5, 0.6) is 0 Å². The zero-order valence-corrected chi connectivity index (χ0v) is 17.6. The number of aryl methyl sites for hydroxylation is 2. The first-order chi connectivity index (χ1) is 14.3. The van der Waals surface area contributed by atoms with Crippen LogP contribution < -0.4 is 10.6 Å². The zero-order chi connectivity index (χ0) is 21.4. The smallest absolute Gasteiger partial charge is 0.339 e. The van der Waals surface area contributed by atoms with E-state index in [0.717, 1.165) is 17.7 Å². The second-order valence-corrected chi connectivity index (χ2v) is 8.17. The van der Waals surface area contributed by atoms with E-state index in [1.165, 1.54) is 18.3 Å². The second kappa shape index (κ2) is 7.86. The summed E-state index contributed by atoms with van der Waals surface area (Å²) in [4.78, 5) is 42.5. The van der Waals surface area contributed by atoms with Crippen LogP contribution in [0.15, 0.2) is 23.6 Å². The Balaban J connectivity index is 1.58. The van der Waals surface area contributed by atoms with Gasteiger partial charge in [0.05, 0.1) is 27.2 Å². The normalized spacial score (nSPS) is 14.4. The van der Waals surface area contributed by atoms with Crippen molar-refractivity contribution in [2.24, 2.45) is 7.05 Å². The molecule has 3 aromatic rings. The first kappa shape index (κ1) is 20.0. The lowest BCUT2D eigenvalue weighted by molar-refractivity contribution is -0.127. The molecule has 0 aliphatic heterocycles. The van der Waals surface area contributed by atoms with Gasteiger partial charge in [0.2, 0.25) is 0 Å². The molecule has 156 valence electrons. The SMILES string of the molecule is Cc1nn(C)c2nc(-c3cccs3)cc(C(=O)OC(C)C(=O)NC(=O)NC3CC3)c12. The van der Waals surface area contributed by atoms with Crippen LogP contribution in [0.25, 0.3) is 21.6 Å². The van der Waals surface area contributed by atoms with Crippen molar-refractivity contribution in [3.8, 4) is 10.6 Å². The number of imide groups is 1. The molecule has 4 rings (SSSR count). The van der Waals surface area contributed by atoms with E-state index in [9.17, 15) is 14.4 Å². The lowest BCUT2D eigenvalue weighted by Crippen LogP contribution is -2.45. The molecule has 3 heterocycles. The highest BCUT2D eigenvalue weighted by atomic mass is 32.1. The number of hydrogen-bond donors (Lipinski definition) is 2. The predicted molar refractivity (Wildman–Crippen MR) is 111 cm³/mol. The van der Waals surface area contributed by atoms with E-state index >= 15 is 0 Å². The molecule has 0 bridgehead atoms. The largest absolute Gasteiger partial charge is 0.449 e. The summed E-state index contributed by atoms with van der Waals surface area (Å²) in [6.07, 6.45) is 0.662. The minimum absolute atomic E-state index is 0.116. The highest BCUT2D eigenvalue weighted by Gasteiger charge is 2.27. The molecule has 10 heteroatoms. The minimum Gasteiger partial charge on any atom is -0.449 e. The Morgan fingerprint density at radius 1 is 1.33 bits per heavy atom. The first-order valence-corrected chi connectivity index (χ1v) is 10.4. The molecule has 1 aliphatic carbocycles. The number of aromatic nitrogens is 3. The van der Waals surface area contributed by atoms with Crippen LogP contribution in [0.2, 0.25) is 0 Å². The van der Waals surface area contributed by atoms with Crippen LogP contribution in [-0.4, -0.2) is 44.8 Å². The molecule has 3 amide bonds. The van der Waals surface area contributed by atoms with Crippen LogP contribution in [0.3, 0.4) is 0 Å². The van der Waals surface area contributed by atoms with Crippen molar-refractivity contribution in [1.29, 1.82) is 0 Å². The number of hydrogen-bond acceptors (Lipinski definition) is 7. The van der Waals surface area contributed by atoms with Crippen molar-refractivity contribution >= 4 is 40.3 Å². The van der Waals surface area contributed by atoms with Crippen molar-refractivity contribution in [2.45, 2.75) is 38.8 Å². The van der Waals surface area contributed by atoms with Crippen molar-refractivity contribution in [3.05, 3.63) is 34.8 Å². The number of pyridine rings is 1. The maximum atomic E-state index is 13.0. The number of ether oxygens (including phenoxy) is 1. The monoisotopic (exact) mass is 427 g/mol. The Labute approximate surface area is 176 Å². The Morgan fingerprint density at radius 3 is 2.77 bits per heavy atom. The molecule has 1 atom stereocenters. The van der Waals surface area contributed by atoms with Crippen molar-refractivity contribution in [2.75, 3.05) is 0 Å². The van der Waals surface area contributed by atoms with E-state index in [1.54, 1.807) is 24.7 Å². The van der Waals surface area contributed by atoms with Crippen LogP contribution >= 0.6 is 11.3 Å². The van der Waals surface area contributed by atoms with Crippen LogP contribution in [-0.2, 0) is 16.6 Å². The summed E-state index contributed by atoms with van der Waals surface area (Å²) in [7, 11) is 1.75. The van der Waals surface area contributed by atoms with Gasteiger partial charge in [-0.15, -0.1) is 11.3 Å². The van der Waals surface area contributed by atoms with E-state index in [1.807, 2.05) is 17.5 Å². The quantitative estimate of drug-likeness (QED) is 0.605. The average molecular weight is 427 g/mol. The number of rotatable bonds is 5. The van der Waals surface area contributed by atoms with Crippen LogP contribution in [0.4, 0.5) is 4.79 Å². The average Bonchev–Trinajstić information content (AvgIpc) is 3.24. The fourth-order valence-corrected chi connectivity index (χ4v) is 3.78. The number of amides is 3. The van der Waals surface area contributed by atoms with Gasteiger partial charge in [-0.1, -0.05) is 6.07 Å². The second-order valence-electron chi connectivity index (χ2n) is 7.22. The molecule has 1 unspecified atom stereocenters. The number of thiophene rings is 1. The molecular weight excluding hydrogens is 406 g/mol. The molecule has 3 aromatic heterocycles. The minimum atomic E-state index is -1.15. The van der Waals surface area contributed by atoms with E-state index in [2.05, 4.69) is 20.7 Å². The maximum Gasteiger partial charge on any atom is 0.339 e. The van der Waals surface area contributed by atoms with E-state index in [0.29, 0.717) is 22.4 Å². The standard InChI is InChI=1S/C20H21N5O4S/c1-10-16-13(9-14(15-5-4-8-30-15)22-17(16)25(3)24-10)19(27)29-11(2)18(26)23-20(28)21-12-6-7-12/h4-5,8-9,11-12H,6-7H2,1-3H3,(H2,21,23,26,28). The molecular formula is C20H21N5O4S. The Bertz CT molecular complexity index is 1130. The number of urea groups is 1. The summed E-state index contributed by atoms with van der Waals surface area (Å²) >= 11 is 1.50. The van der Waals surface area contributed by atoms with Gasteiger partial charge in [-0.25, -0.2) is 14.6 Å². The van der Waals surface area contributed by atoms with Gasteiger partial charge in [0.15, 0.2) is 11.8 Å². The van der Waals surface area contributed by atoms with Gasteiger partial charge < -0.3 is 10.1 Å². The summed E-state index contributed by atoms with van der Waals surface area (Å²) in [5, 5.41) is 11.7. The molecule has 0 radical (unpaired) electrons. The molecule has 1 fully saturated rings. The van der Waals surface area contributed by atoms with Gasteiger partial charge in [-0.2, -0.15) is 5.10 Å². The predicted octanol–water partition coefficient (Wildman–Crippen LogP) is 2.54. The number of nitrogens with one attached hydrogen (secondary N) is 2. The molecule has 9 nitrogen and oxygen atoms in total. The highest BCUT2D eigenvalue weighted by Crippen LogP contribution is 2.29. The van der Waals surface area contributed by atoms with E-state index in [4.69, 9.17) is 4.74 Å². The van der Waals surface area contributed by atoms with Gasteiger partial charge in [0, 0.05) is 13.1 Å². The van der Waals surface area contributed by atoms with Crippen molar-refractivity contribution < 1.29 is 19.1 Å². The number of esters is 1. The molecule has 1 aliphatic rings. The van der Waals surface area contributed by atoms with Crippen molar-refractivity contribution in [3.63, 3.8) is 0 Å². The Morgan fingerprint density at radius 2 is 2.10 bits per heavy atom. The summed E-state index contributed by atoms with van der Waals surface area (Å²) in [6.45, 7) is 3.20. The fourth-order valence-electron chi connectivity index (χ4n) is 3.10. The zero-order valence-electron chi connectivity index (χ0n) is 16.8.